The monoisotopic (exact) mass is 255 g/mol. The lowest BCUT2D eigenvalue weighted by atomic mass is 9.79. The van der Waals surface area contributed by atoms with Gasteiger partial charge in [0.15, 0.2) is 0 Å². The molecular weight excluding hydrogens is 234 g/mol. The summed E-state index contributed by atoms with van der Waals surface area (Å²) in [5, 5.41) is 2.26. The van der Waals surface area contributed by atoms with Gasteiger partial charge in [0, 0.05) is 20.9 Å². The second-order valence-electron chi connectivity index (χ2n) is 4.49. The van der Waals surface area contributed by atoms with Gasteiger partial charge in [0.25, 0.3) is 0 Å². The molecule has 1 aromatic rings. The summed E-state index contributed by atoms with van der Waals surface area (Å²) in [6.45, 7) is 6.55. The average molecular weight is 255 g/mol. The van der Waals surface area contributed by atoms with Crippen molar-refractivity contribution in [1.82, 2.24) is 4.90 Å². The first-order chi connectivity index (χ1) is 7.80. The van der Waals surface area contributed by atoms with Crippen molar-refractivity contribution in [2.24, 2.45) is 0 Å². The van der Waals surface area contributed by atoms with Gasteiger partial charge in [0.2, 0.25) is 0 Å². The van der Waals surface area contributed by atoms with Gasteiger partial charge in [-0.1, -0.05) is 13.8 Å². The summed E-state index contributed by atoms with van der Waals surface area (Å²) in [5.41, 5.74) is 0.556. The lowest BCUT2D eigenvalue weighted by molar-refractivity contribution is 0.206. The molecule has 1 nitrogen and oxygen atoms in total. The summed E-state index contributed by atoms with van der Waals surface area (Å²) in [4.78, 5) is 5.72. The van der Waals surface area contributed by atoms with Crippen LogP contribution in [0.3, 0.4) is 0 Å². The molecular formula is C13H21NS2. The Labute approximate surface area is 107 Å². The van der Waals surface area contributed by atoms with E-state index in [0.29, 0.717) is 5.41 Å². The van der Waals surface area contributed by atoms with Crippen molar-refractivity contribution in [3.63, 3.8) is 0 Å². The molecule has 16 heavy (non-hydrogen) atoms. The van der Waals surface area contributed by atoms with Crippen LogP contribution in [0.5, 0.6) is 0 Å². The van der Waals surface area contributed by atoms with Crippen molar-refractivity contribution >= 4 is 23.1 Å². The fraction of sp³-hybridized carbons (Fsp3) is 0.692. The SMILES string of the molecule is CC.CN1CCC2(CC1)CSc1ccsc12. The highest BCUT2D eigenvalue weighted by Crippen LogP contribution is 2.51. The maximum absolute atomic E-state index is 2.46. The van der Waals surface area contributed by atoms with Gasteiger partial charge < -0.3 is 4.90 Å². The molecule has 0 aromatic carbocycles. The van der Waals surface area contributed by atoms with E-state index in [-0.39, 0.29) is 0 Å². The Bertz CT molecular complexity index is 337. The summed E-state index contributed by atoms with van der Waals surface area (Å²) in [6.07, 6.45) is 2.73. The number of thiophene rings is 1. The maximum Gasteiger partial charge on any atom is 0.0252 e. The maximum atomic E-state index is 2.46. The molecule has 0 saturated carbocycles. The summed E-state index contributed by atoms with van der Waals surface area (Å²) in [7, 11) is 2.24. The lowest BCUT2D eigenvalue weighted by Gasteiger charge is -2.37. The Morgan fingerprint density at radius 2 is 1.94 bits per heavy atom. The third-order valence-corrected chi connectivity index (χ3v) is 6.20. The number of likely N-dealkylation sites (tertiary alicyclic amines) is 1. The van der Waals surface area contributed by atoms with E-state index in [2.05, 4.69) is 35.2 Å². The standard InChI is InChI=1S/C11H15NS2.C2H6/c1-12-5-3-11(4-6-12)8-14-9-2-7-13-10(9)11;1-2/h2,7H,3-6,8H2,1H3;1-2H3. The Hall–Kier alpha value is 0.01000. The second-order valence-corrected chi connectivity index (χ2v) is 6.42. The normalized spacial score (nSPS) is 22.7. The van der Waals surface area contributed by atoms with Crippen molar-refractivity contribution in [3.8, 4) is 0 Å². The third kappa shape index (κ3) is 2.05. The number of nitrogens with zero attached hydrogens (tertiary/aromatic N) is 1. The van der Waals surface area contributed by atoms with E-state index in [1.54, 1.807) is 9.77 Å². The van der Waals surface area contributed by atoms with Gasteiger partial charge in [-0.2, -0.15) is 0 Å². The van der Waals surface area contributed by atoms with Crippen LogP contribution < -0.4 is 0 Å². The number of hydrogen-bond donors (Lipinski definition) is 0. The predicted molar refractivity (Wildman–Crippen MR) is 74.8 cm³/mol. The molecule has 3 rings (SSSR count). The number of rotatable bonds is 0. The number of thioether (sulfide) groups is 1. The molecule has 0 N–H and O–H groups in total. The van der Waals surface area contributed by atoms with Crippen LogP contribution in [0.1, 0.15) is 31.6 Å². The highest BCUT2D eigenvalue weighted by Gasteiger charge is 2.42. The topological polar surface area (TPSA) is 3.24 Å². The van der Waals surface area contributed by atoms with Gasteiger partial charge in [-0.15, -0.1) is 23.1 Å². The lowest BCUT2D eigenvalue weighted by Crippen LogP contribution is -2.40. The third-order valence-electron chi connectivity index (χ3n) is 3.56. The molecule has 0 radical (unpaired) electrons. The summed E-state index contributed by atoms with van der Waals surface area (Å²) in [5.74, 6) is 1.34. The zero-order valence-corrected chi connectivity index (χ0v) is 12.1. The zero-order valence-electron chi connectivity index (χ0n) is 10.5. The Kier molecular flexibility index (Phi) is 3.98. The van der Waals surface area contributed by atoms with Crippen LogP contribution in [0.25, 0.3) is 0 Å². The summed E-state index contributed by atoms with van der Waals surface area (Å²) < 4.78 is 0. The predicted octanol–water partition coefficient (Wildman–Crippen LogP) is 3.84. The van der Waals surface area contributed by atoms with Crippen LogP contribution in [0.4, 0.5) is 0 Å². The van der Waals surface area contributed by atoms with Gasteiger partial charge in [-0.05, 0) is 44.4 Å². The molecule has 0 bridgehead atoms. The van der Waals surface area contributed by atoms with E-state index < -0.39 is 0 Å². The molecule has 0 aliphatic carbocycles. The zero-order chi connectivity index (χ0) is 11.6. The molecule has 1 fully saturated rings. The fourth-order valence-corrected chi connectivity index (χ4v) is 5.42. The van der Waals surface area contributed by atoms with Gasteiger partial charge >= 0.3 is 0 Å². The van der Waals surface area contributed by atoms with Crippen molar-refractivity contribution in [3.05, 3.63) is 16.3 Å². The van der Waals surface area contributed by atoms with Gasteiger partial charge in [0.05, 0.1) is 0 Å². The second kappa shape index (κ2) is 5.11. The van der Waals surface area contributed by atoms with Crippen LogP contribution in [0, 0.1) is 0 Å². The summed E-state index contributed by atoms with van der Waals surface area (Å²) in [6, 6.07) is 2.30. The molecule has 2 aliphatic heterocycles. The molecule has 1 aromatic heterocycles. The van der Waals surface area contributed by atoms with E-state index in [4.69, 9.17) is 0 Å². The molecule has 1 saturated heterocycles. The first-order valence-corrected chi connectivity index (χ1v) is 8.06. The Balaban J connectivity index is 0.000000457. The van der Waals surface area contributed by atoms with Gasteiger partial charge in [0.1, 0.15) is 0 Å². The molecule has 90 valence electrons. The van der Waals surface area contributed by atoms with E-state index in [0.717, 1.165) is 0 Å². The van der Waals surface area contributed by atoms with Crippen LogP contribution in [0.2, 0.25) is 0 Å². The minimum atomic E-state index is 0.556. The Morgan fingerprint density at radius 3 is 2.62 bits per heavy atom. The largest absolute Gasteiger partial charge is 0.306 e. The van der Waals surface area contributed by atoms with E-state index >= 15 is 0 Å². The number of hydrogen-bond acceptors (Lipinski definition) is 3. The minimum absolute atomic E-state index is 0.556. The number of piperidine rings is 1. The van der Waals surface area contributed by atoms with Crippen LogP contribution >= 0.6 is 23.1 Å². The number of fused-ring (bicyclic) bond motifs is 2. The van der Waals surface area contributed by atoms with Crippen molar-refractivity contribution < 1.29 is 0 Å². The van der Waals surface area contributed by atoms with Crippen LogP contribution in [-0.2, 0) is 5.41 Å². The van der Waals surface area contributed by atoms with Gasteiger partial charge in [-0.25, -0.2) is 0 Å². The fourth-order valence-electron chi connectivity index (χ4n) is 2.50. The van der Waals surface area contributed by atoms with Crippen molar-refractivity contribution in [2.45, 2.75) is 37.0 Å². The van der Waals surface area contributed by atoms with Crippen molar-refractivity contribution in [2.75, 3.05) is 25.9 Å². The molecule has 0 amide bonds. The summed E-state index contributed by atoms with van der Waals surface area (Å²) >= 11 is 4.05. The molecule has 2 aliphatic rings. The molecule has 0 atom stereocenters. The molecule has 0 unspecified atom stereocenters. The van der Waals surface area contributed by atoms with Gasteiger partial charge in [-0.3, -0.25) is 0 Å². The van der Waals surface area contributed by atoms with E-state index in [9.17, 15) is 0 Å². The van der Waals surface area contributed by atoms with Crippen molar-refractivity contribution in [1.29, 1.82) is 0 Å². The average Bonchev–Trinajstić information content (AvgIpc) is 2.90. The highest BCUT2D eigenvalue weighted by molar-refractivity contribution is 7.99. The first kappa shape index (κ1) is 12.5. The van der Waals surface area contributed by atoms with E-state index in [1.807, 2.05) is 25.2 Å². The molecule has 3 heteroatoms. The Morgan fingerprint density at radius 1 is 1.25 bits per heavy atom. The smallest absolute Gasteiger partial charge is 0.0252 e. The van der Waals surface area contributed by atoms with Crippen LogP contribution in [0.15, 0.2) is 16.3 Å². The first-order valence-electron chi connectivity index (χ1n) is 6.19. The highest BCUT2D eigenvalue weighted by atomic mass is 32.2. The molecule has 3 heterocycles. The quantitative estimate of drug-likeness (QED) is 0.693. The van der Waals surface area contributed by atoms with Crippen LogP contribution in [-0.4, -0.2) is 30.8 Å². The minimum Gasteiger partial charge on any atom is -0.306 e. The van der Waals surface area contributed by atoms with E-state index in [1.165, 1.54) is 31.7 Å². The molecule has 1 spiro atoms.